The highest BCUT2D eigenvalue weighted by Crippen LogP contribution is 2.40. The number of amides is 1. The number of likely N-dealkylation sites (tertiary alicyclic amines) is 1. The summed E-state index contributed by atoms with van der Waals surface area (Å²) in [7, 11) is 3.59. The molecule has 0 aromatic carbocycles. The molecular formula is C18H23N5O. The zero-order chi connectivity index (χ0) is 17.2. The van der Waals surface area contributed by atoms with Crippen molar-refractivity contribution in [3.63, 3.8) is 0 Å². The van der Waals surface area contributed by atoms with Crippen LogP contribution in [-0.4, -0.2) is 51.3 Å². The van der Waals surface area contributed by atoms with E-state index in [0.29, 0.717) is 6.54 Å². The Labute approximate surface area is 142 Å². The summed E-state index contributed by atoms with van der Waals surface area (Å²) in [5.41, 5.74) is 2.07. The molecule has 3 heterocycles. The lowest BCUT2D eigenvalue weighted by Gasteiger charge is -2.38. The van der Waals surface area contributed by atoms with Crippen LogP contribution in [0.2, 0.25) is 0 Å². The van der Waals surface area contributed by atoms with Gasteiger partial charge in [-0.15, -0.1) is 0 Å². The zero-order valence-corrected chi connectivity index (χ0v) is 14.4. The Morgan fingerprint density at radius 1 is 1.25 bits per heavy atom. The molecule has 24 heavy (non-hydrogen) atoms. The molecule has 1 atom stereocenters. The molecule has 1 aliphatic rings. The minimum Gasteiger partial charge on any atom is -0.347 e. The Hall–Kier alpha value is -2.34. The molecule has 126 valence electrons. The van der Waals surface area contributed by atoms with Gasteiger partial charge < -0.3 is 4.90 Å². The molecule has 1 fully saturated rings. The van der Waals surface area contributed by atoms with Crippen LogP contribution < -0.4 is 0 Å². The van der Waals surface area contributed by atoms with Gasteiger partial charge in [-0.3, -0.25) is 24.6 Å². The fourth-order valence-electron chi connectivity index (χ4n) is 3.43. The van der Waals surface area contributed by atoms with E-state index in [2.05, 4.69) is 25.9 Å². The van der Waals surface area contributed by atoms with Crippen LogP contribution in [0.3, 0.4) is 0 Å². The van der Waals surface area contributed by atoms with Gasteiger partial charge in [0.1, 0.15) is 5.54 Å². The largest absolute Gasteiger partial charge is 0.347 e. The quantitative estimate of drug-likeness (QED) is 0.857. The number of aromatic nitrogens is 3. The first kappa shape index (κ1) is 16.5. The molecule has 2 aromatic heterocycles. The highest BCUT2D eigenvalue weighted by Gasteiger charge is 2.50. The zero-order valence-electron chi connectivity index (χ0n) is 14.4. The van der Waals surface area contributed by atoms with Crippen LogP contribution in [0.5, 0.6) is 0 Å². The predicted octanol–water partition coefficient (Wildman–Crippen LogP) is 1.76. The normalized spacial score (nSPS) is 21.0. The number of nitrogens with zero attached hydrogens (tertiary/aromatic N) is 5. The van der Waals surface area contributed by atoms with Gasteiger partial charge in [0.15, 0.2) is 0 Å². The van der Waals surface area contributed by atoms with Crippen molar-refractivity contribution in [1.82, 2.24) is 24.8 Å². The summed E-state index contributed by atoms with van der Waals surface area (Å²) in [5.74, 6) is 0.0561. The lowest BCUT2D eigenvalue weighted by molar-refractivity contribution is -0.141. The van der Waals surface area contributed by atoms with Crippen molar-refractivity contribution in [2.24, 2.45) is 0 Å². The Morgan fingerprint density at radius 3 is 2.71 bits per heavy atom. The summed E-state index contributed by atoms with van der Waals surface area (Å²) in [5, 5.41) is 0. The topological polar surface area (TPSA) is 62.2 Å². The number of carbonyl (C=O) groups is 1. The molecule has 0 N–H and O–H groups in total. The molecule has 1 aliphatic heterocycles. The second-order valence-corrected chi connectivity index (χ2v) is 6.48. The summed E-state index contributed by atoms with van der Waals surface area (Å²) in [6.07, 6.45) is 8.60. The second-order valence-electron chi connectivity index (χ2n) is 6.48. The van der Waals surface area contributed by atoms with Crippen molar-refractivity contribution in [3.05, 3.63) is 53.9 Å². The summed E-state index contributed by atoms with van der Waals surface area (Å²) in [6.45, 7) is 3.49. The van der Waals surface area contributed by atoms with Crippen LogP contribution in [-0.2, 0) is 16.9 Å². The maximum Gasteiger partial charge on any atom is 0.248 e. The molecule has 6 nitrogen and oxygen atoms in total. The average molecular weight is 325 g/mol. The van der Waals surface area contributed by atoms with Gasteiger partial charge in [0.05, 0.1) is 11.9 Å². The van der Waals surface area contributed by atoms with Gasteiger partial charge >= 0.3 is 0 Å². The lowest BCUT2D eigenvalue weighted by atomic mass is 9.90. The fourth-order valence-corrected chi connectivity index (χ4v) is 3.43. The fraction of sp³-hybridized carbons (Fsp3) is 0.444. The maximum absolute atomic E-state index is 13.1. The van der Waals surface area contributed by atoms with Crippen LogP contribution in [0, 0.1) is 6.92 Å². The molecular weight excluding hydrogens is 302 g/mol. The Balaban J connectivity index is 2.00. The third-order valence-corrected chi connectivity index (χ3v) is 4.60. The third-order valence-electron chi connectivity index (χ3n) is 4.60. The highest BCUT2D eigenvalue weighted by molar-refractivity contribution is 5.87. The Morgan fingerprint density at radius 2 is 2.08 bits per heavy atom. The number of rotatable bonds is 4. The average Bonchev–Trinajstić information content (AvgIpc) is 3.01. The van der Waals surface area contributed by atoms with E-state index in [1.165, 1.54) is 0 Å². The van der Waals surface area contributed by atoms with Gasteiger partial charge in [-0.25, -0.2) is 0 Å². The van der Waals surface area contributed by atoms with Crippen molar-refractivity contribution in [2.75, 3.05) is 20.6 Å². The van der Waals surface area contributed by atoms with Crippen LogP contribution in [0.4, 0.5) is 0 Å². The van der Waals surface area contributed by atoms with E-state index < -0.39 is 5.54 Å². The van der Waals surface area contributed by atoms with E-state index in [0.717, 1.165) is 36.3 Å². The van der Waals surface area contributed by atoms with Crippen LogP contribution in [0.1, 0.15) is 29.8 Å². The monoisotopic (exact) mass is 325 g/mol. The molecule has 1 saturated heterocycles. The van der Waals surface area contributed by atoms with Crippen molar-refractivity contribution in [2.45, 2.75) is 31.8 Å². The van der Waals surface area contributed by atoms with Crippen LogP contribution in [0.15, 0.2) is 36.9 Å². The first-order valence-corrected chi connectivity index (χ1v) is 8.19. The molecule has 0 saturated carbocycles. The van der Waals surface area contributed by atoms with E-state index >= 15 is 0 Å². The summed E-state index contributed by atoms with van der Waals surface area (Å²) in [4.78, 5) is 30.0. The number of hydrogen-bond acceptors (Lipinski definition) is 5. The maximum atomic E-state index is 13.1. The molecule has 0 bridgehead atoms. The standard InChI is InChI=1S/C18H23N5O/c1-14-5-6-15(11-21-14)13-23-10-4-7-18(23,17(24)22(2)3)16-12-19-8-9-20-16/h5-6,8-9,11-12H,4,7,10,13H2,1-3H3/t18-/m0/s1. The lowest BCUT2D eigenvalue weighted by Crippen LogP contribution is -2.52. The van der Waals surface area contributed by atoms with E-state index in [1.54, 1.807) is 37.6 Å². The van der Waals surface area contributed by atoms with Crippen molar-refractivity contribution >= 4 is 5.91 Å². The number of aryl methyl sites for hydroxylation is 1. The van der Waals surface area contributed by atoms with Gasteiger partial charge in [-0.1, -0.05) is 6.07 Å². The molecule has 1 amide bonds. The van der Waals surface area contributed by atoms with Crippen LogP contribution in [0.25, 0.3) is 0 Å². The Kier molecular flexibility index (Phi) is 4.57. The number of carbonyl (C=O) groups excluding carboxylic acids is 1. The van der Waals surface area contributed by atoms with Crippen LogP contribution >= 0.6 is 0 Å². The summed E-state index contributed by atoms with van der Waals surface area (Å²) >= 11 is 0. The summed E-state index contributed by atoms with van der Waals surface area (Å²) < 4.78 is 0. The molecule has 0 unspecified atom stereocenters. The molecule has 2 aromatic rings. The van der Waals surface area contributed by atoms with Gasteiger partial charge in [0, 0.05) is 44.9 Å². The SMILES string of the molecule is Cc1ccc(CN2CCC[C@@]2(C(=O)N(C)C)c2cnccn2)cn1. The van der Waals surface area contributed by atoms with Crippen molar-refractivity contribution < 1.29 is 4.79 Å². The van der Waals surface area contributed by atoms with E-state index in [4.69, 9.17) is 0 Å². The van der Waals surface area contributed by atoms with Crippen molar-refractivity contribution in [3.8, 4) is 0 Å². The minimum atomic E-state index is -0.747. The minimum absolute atomic E-state index is 0.0561. The van der Waals surface area contributed by atoms with Gasteiger partial charge in [-0.2, -0.15) is 0 Å². The Bertz CT molecular complexity index is 701. The molecule has 3 rings (SSSR count). The molecule has 0 radical (unpaired) electrons. The second kappa shape index (κ2) is 6.65. The first-order chi connectivity index (χ1) is 11.5. The van der Waals surface area contributed by atoms with E-state index in [-0.39, 0.29) is 5.91 Å². The van der Waals surface area contributed by atoms with E-state index in [1.807, 2.05) is 19.2 Å². The van der Waals surface area contributed by atoms with Gasteiger partial charge in [0.25, 0.3) is 0 Å². The highest BCUT2D eigenvalue weighted by atomic mass is 16.2. The first-order valence-electron chi connectivity index (χ1n) is 8.19. The van der Waals surface area contributed by atoms with Crippen molar-refractivity contribution in [1.29, 1.82) is 0 Å². The smallest absolute Gasteiger partial charge is 0.248 e. The van der Waals surface area contributed by atoms with E-state index in [9.17, 15) is 4.79 Å². The number of likely N-dealkylation sites (N-methyl/N-ethyl adjacent to an activating group) is 1. The third kappa shape index (κ3) is 2.89. The molecule has 0 spiro atoms. The molecule has 0 aliphatic carbocycles. The van der Waals surface area contributed by atoms with Gasteiger partial charge in [0.2, 0.25) is 5.91 Å². The number of pyridine rings is 1. The summed E-state index contributed by atoms with van der Waals surface area (Å²) in [6, 6.07) is 4.07. The number of hydrogen-bond donors (Lipinski definition) is 0. The van der Waals surface area contributed by atoms with Gasteiger partial charge in [-0.05, 0) is 37.9 Å². The molecule has 6 heteroatoms. The predicted molar refractivity (Wildman–Crippen MR) is 91.0 cm³/mol.